The molecule has 1 heterocycles. The number of rotatable bonds is 4. The number of anilines is 1. The van der Waals surface area contributed by atoms with E-state index in [1.54, 1.807) is 18.2 Å². The van der Waals surface area contributed by atoms with Gasteiger partial charge in [0.1, 0.15) is 0 Å². The van der Waals surface area contributed by atoms with Gasteiger partial charge < -0.3 is 5.32 Å². The molecular formula is C20H22Cl2N2O. The number of nitrogens with zero attached hydrogens (tertiary/aromatic N) is 1. The Morgan fingerprint density at radius 1 is 1.16 bits per heavy atom. The Labute approximate surface area is 158 Å². The molecule has 0 aromatic heterocycles. The predicted octanol–water partition coefficient (Wildman–Crippen LogP) is 5.48. The highest BCUT2D eigenvalue weighted by molar-refractivity contribution is 6.35. The number of amides is 1. The van der Waals surface area contributed by atoms with Gasteiger partial charge in [0.15, 0.2) is 0 Å². The summed E-state index contributed by atoms with van der Waals surface area (Å²) in [5.74, 6) is 0.597. The van der Waals surface area contributed by atoms with E-state index in [4.69, 9.17) is 23.2 Å². The number of likely N-dealkylation sites (tertiary alicyclic amines) is 1. The highest BCUT2D eigenvalue weighted by Gasteiger charge is 2.16. The lowest BCUT2D eigenvalue weighted by atomic mass is 9.99. The molecule has 0 radical (unpaired) electrons. The Kier molecular flexibility index (Phi) is 6.00. The Hall–Kier alpha value is -1.55. The fourth-order valence-electron chi connectivity index (χ4n) is 3.28. The molecule has 1 amide bonds. The van der Waals surface area contributed by atoms with Crippen molar-refractivity contribution in [2.24, 2.45) is 5.92 Å². The summed E-state index contributed by atoms with van der Waals surface area (Å²) < 4.78 is 0. The molecule has 132 valence electrons. The second-order valence-corrected chi connectivity index (χ2v) is 7.66. The van der Waals surface area contributed by atoms with Crippen molar-refractivity contribution in [3.63, 3.8) is 0 Å². The monoisotopic (exact) mass is 376 g/mol. The van der Waals surface area contributed by atoms with Crippen LogP contribution in [-0.2, 0) is 6.54 Å². The van der Waals surface area contributed by atoms with Crippen LogP contribution in [0.15, 0.2) is 42.5 Å². The van der Waals surface area contributed by atoms with Gasteiger partial charge in [-0.15, -0.1) is 0 Å². The number of halogens is 2. The molecular weight excluding hydrogens is 355 g/mol. The number of hydrogen-bond acceptors (Lipinski definition) is 2. The van der Waals surface area contributed by atoms with E-state index >= 15 is 0 Å². The largest absolute Gasteiger partial charge is 0.322 e. The first kappa shape index (κ1) is 18.2. The average Bonchev–Trinajstić information content (AvgIpc) is 2.54. The summed E-state index contributed by atoms with van der Waals surface area (Å²) >= 11 is 11.9. The summed E-state index contributed by atoms with van der Waals surface area (Å²) in [5.41, 5.74) is 2.44. The lowest BCUT2D eigenvalue weighted by molar-refractivity contribution is 0.102. The molecule has 1 unspecified atom stereocenters. The van der Waals surface area contributed by atoms with Crippen molar-refractivity contribution in [2.45, 2.75) is 26.3 Å². The predicted molar refractivity (Wildman–Crippen MR) is 105 cm³/mol. The van der Waals surface area contributed by atoms with E-state index in [1.807, 2.05) is 24.3 Å². The zero-order valence-corrected chi connectivity index (χ0v) is 15.8. The number of nitrogens with one attached hydrogen (secondary N) is 1. The molecule has 0 bridgehead atoms. The lowest BCUT2D eigenvalue weighted by Gasteiger charge is -2.30. The Morgan fingerprint density at radius 3 is 2.48 bits per heavy atom. The van der Waals surface area contributed by atoms with Crippen molar-refractivity contribution in [1.29, 1.82) is 0 Å². The minimum atomic E-state index is -0.170. The summed E-state index contributed by atoms with van der Waals surface area (Å²) in [6.07, 6.45) is 2.59. The maximum Gasteiger partial charge on any atom is 0.255 e. The summed E-state index contributed by atoms with van der Waals surface area (Å²) in [6.45, 7) is 5.55. The van der Waals surface area contributed by atoms with E-state index in [0.29, 0.717) is 21.3 Å². The molecule has 5 heteroatoms. The van der Waals surface area contributed by atoms with Crippen LogP contribution >= 0.6 is 23.2 Å². The molecule has 1 aliphatic heterocycles. The number of benzene rings is 2. The summed E-state index contributed by atoms with van der Waals surface area (Å²) in [5, 5.41) is 3.82. The number of carbonyl (C=O) groups excluding carboxylic acids is 1. The molecule has 1 aliphatic rings. The van der Waals surface area contributed by atoms with Crippen LogP contribution in [0, 0.1) is 5.92 Å². The van der Waals surface area contributed by atoms with Crippen LogP contribution in [0.5, 0.6) is 0 Å². The zero-order valence-electron chi connectivity index (χ0n) is 14.3. The molecule has 3 rings (SSSR count). The first-order valence-corrected chi connectivity index (χ1v) is 9.34. The van der Waals surface area contributed by atoms with Gasteiger partial charge in [-0.2, -0.15) is 0 Å². The van der Waals surface area contributed by atoms with Gasteiger partial charge in [0.25, 0.3) is 5.91 Å². The van der Waals surface area contributed by atoms with E-state index in [2.05, 4.69) is 17.1 Å². The highest BCUT2D eigenvalue weighted by atomic mass is 35.5. The van der Waals surface area contributed by atoms with Gasteiger partial charge in [0.2, 0.25) is 0 Å². The molecule has 0 aliphatic carbocycles. The third kappa shape index (κ3) is 5.21. The third-order valence-electron chi connectivity index (χ3n) is 4.48. The molecule has 1 N–H and O–H groups in total. The quantitative estimate of drug-likeness (QED) is 0.766. The summed E-state index contributed by atoms with van der Waals surface area (Å²) in [4.78, 5) is 14.9. The number of hydrogen-bond donors (Lipinski definition) is 1. The summed E-state index contributed by atoms with van der Waals surface area (Å²) in [6, 6.07) is 12.8. The molecule has 2 aromatic carbocycles. The molecule has 0 saturated carbocycles. The molecule has 0 spiro atoms. The van der Waals surface area contributed by atoms with E-state index in [1.165, 1.54) is 18.4 Å². The maximum absolute atomic E-state index is 12.4. The smallest absolute Gasteiger partial charge is 0.255 e. The first-order valence-electron chi connectivity index (χ1n) is 8.58. The standard InChI is InChI=1S/C20H22Cl2N2O/c1-14-3-2-8-24(12-14)13-15-4-6-16(7-5-15)20(25)23-19-10-17(21)9-18(22)11-19/h4-7,9-11,14H,2-3,8,12-13H2,1H3,(H,23,25). The third-order valence-corrected chi connectivity index (χ3v) is 4.92. The van der Waals surface area contributed by atoms with E-state index in [0.717, 1.165) is 25.6 Å². The molecule has 1 fully saturated rings. The van der Waals surface area contributed by atoms with Crippen molar-refractivity contribution < 1.29 is 4.79 Å². The van der Waals surface area contributed by atoms with Crippen molar-refractivity contribution in [1.82, 2.24) is 4.90 Å². The van der Waals surface area contributed by atoms with Gasteiger partial charge in [-0.05, 0) is 61.2 Å². The Morgan fingerprint density at radius 2 is 1.84 bits per heavy atom. The molecule has 1 saturated heterocycles. The van der Waals surface area contributed by atoms with Crippen LogP contribution in [-0.4, -0.2) is 23.9 Å². The SMILES string of the molecule is CC1CCCN(Cc2ccc(C(=O)Nc3cc(Cl)cc(Cl)c3)cc2)C1. The van der Waals surface area contributed by atoms with Gasteiger partial charge >= 0.3 is 0 Å². The van der Waals surface area contributed by atoms with E-state index in [9.17, 15) is 4.79 Å². The van der Waals surface area contributed by atoms with E-state index < -0.39 is 0 Å². The summed E-state index contributed by atoms with van der Waals surface area (Å²) in [7, 11) is 0. The second kappa shape index (κ2) is 8.22. The topological polar surface area (TPSA) is 32.3 Å². The normalized spacial score (nSPS) is 18.1. The van der Waals surface area contributed by atoms with Gasteiger partial charge in [0, 0.05) is 34.4 Å². The van der Waals surface area contributed by atoms with Crippen LogP contribution in [0.3, 0.4) is 0 Å². The fourth-order valence-corrected chi connectivity index (χ4v) is 3.81. The van der Waals surface area contributed by atoms with Crippen molar-refractivity contribution >= 4 is 34.8 Å². The van der Waals surface area contributed by atoms with Crippen LogP contribution in [0.25, 0.3) is 0 Å². The lowest BCUT2D eigenvalue weighted by Crippen LogP contribution is -2.33. The average molecular weight is 377 g/mol. The molecule has 3 nitrogen and oxygen atoms in total. The second-order valence-electron chi connectivity index (χ2n) is 6.79. The van der Waals surface area contributed by atoms with Gasteiger partial charge in [0.05, 0.1) is 0 Å². The Bertz CT molecular complexity index is 726. The number of piperidine rings is 1. The van der Waals surface area contributed by atoms with Crippen LogP contribution in [0.2, 0.25) is 10.0 Å². The molecule has 1 atom stereocenters. The van der Waals surface area contributed by atoms with Gasteiger partial charge in [-0.25, -0.2) is 0 Å². The minimum absolute atomic E-state index is 0.170. The Balaban J connectivity index is 1.62. The number of carbonyl (C=O) groups is 1. The van der Waals surface area contributed by atoms with Crippen molar-refractivity contribution in [3.05, 3.63) is 63.6 Å². The van der Waals surface area contributed by atoms with Crippen LogP contribution < -0.4 is 5.32 Å². The van der Waals surface area contributed by atoms with Crippen molar-refractivity contribution in [3.8, 4) is 0 Å². The molecule has 2 aromatic rings. The van der Waals surface area contributed by atoms with Gasteiger partial charge in [-0.3, -0.25) is 9.69 Å². The van der Waals surface area contributed by atoms with Gasteiger partial charge in [-0.1, -0.05) is 42.3 Å². The van der Waals surface area contributed by atoms with E-state index in [-0.39, 0.29) is 5.91 Å². The van der Waals surface area contributed by atoms with Crippen molar-refractivity contribution in [2.75, 3.05) is 18.4 Å². The maximum atomic E-state index is 12.4. The highest BCUT2D eigenvalue weighted by Crippen LogP contribution is 2.23. The first-order chi connectivity index (χ1) is 12.0. The van der Waals surface area contributed by atoms with Crippen LogP contribution in [0.1, 0.15) is 35.7 Å². The minimum Gasteiger partial charge on any atom is -0.322 e. The molecule has 25 heavy (non-hydrogen) atoms. The van der Waals surface area contributed by atoms with Crippen LogP contribution in [0.4, 0.5) is 5.69 Å². The zero-order chi connectivity index (χ0) is 17.8. The fraction of sp³-hybridized carbons (Fsp3) is 0.350.